The van der Waals surface area contributed by atoms with E-state index < -0.39 is 47.6 Å². The topological polar surface area (TPSA) is 128 Å². The highest BCUT2D eigenvalue weighted by Gasteiger charge is 2.33. The first kappa shape index (κ1) is 31.8. The number of primary amides is 1. The van der Waals surface area contributed by atoms with Crippen molar-refractivity contribution in [3.8, 4) is 0 Å². The molecule has 4 rings (SSSR count). The van der Waals surface area contributed by atoms with Gasteiger partial charge in [-0.15, -0.1) is 0 Å². The molecule has 0 aromatic heterocycles. The second-order valence-corrected chi connectivity index (χ2v) is 11.0. The van der Waals surface area contributed by atoms with Crippen LogP contribution >= 0.6 is 0 Å². The van der Waals surface area contributed by atoms with E-state index in [4.69, 9.17) is 16.2 Å². The van der Waals surface area contributed by atoms with Crippen LogP contribution in [-0.4, -0.2) is 54.0 Å². The van der Waals surface area contributed by atoms with Crippen LogP contribution in [0.3, 0.4) is 0 Å². The number of nitrogens with one attached hydrogen (secondary N) is 1. The molecule has 0 unspecified atom stereocenters. The average Bonchev–Trinajstić information content (AvgIpc) is 3.46. The molecule has 5 N–H and O–H groups in total. The lowest BCUT2D eigenvalue weighted by Crippen LogP contribution is -2.46. The Bertz CT molecular complexity index is 1460. The quantitative estimate of drug-likeness (QED) is 0.275. The predicted octanol–water partition coefficient (Wildman–Crippen LogP) is 3.81. The predicted molar refractivity (Wildman–Crippen MR) is 159 cm³/mol. The molecule has 2 amide bonds. The number of carbonyl (C=O) groups excluding carboxylic acids is 3. The first-order valence-electron chi connectivity index (χ1n) is 14.5. The van der Waals surface area contributed by atoms with Gasteiger partial charge in [0, 0.05) is 37.3 Å². The fraction of sp³-hybridized carbons (Fsp3) is 0.364. The zero-order valence-electron chi connectivity index (χ0n) is 24.4. The van der Waals surface area contributed by atoms with Gasteiger partial charge in [-0.25, -0.2) is 13.6 Å². The van der Waals surface area contributed by atoms with Gasteiger partial charge in [0.25, 0.3) is 5.91 Å². The van der Waals surface area contributed by atoms with Crippen LogP contribution in [0.4, 0.5) is 8.78 Å². The number of likely N-dealkylation sites (tertiary alicyclic amines) is 1. The van der Waals surface area contributed by atoms with Crippen molar-refractivity contribution in [1.29, 1.82) is 0 Å². The smallest absolute Gasteiger partial charge is 0.338 e. The van der Waals surface area contributed by atoms with Crippen LogP contribution in [0, 0.1) is 18.6 Å². The number of amides is 2. The van der Waals surface area contributed by atoms with Gasteiger partial charge in [0.1, 0.15) is 23.8 Å². The lowest BCUT2D eigenvalue weighted by Gasteiger charge is -2.25. The fourth-order valence-corrected chi connectivity index (χ4v) is 5.43. The molecule has 1 heterocycles. The SMILES string of the molecule is CCc1cccc(CNC[C@@H](OC(=O)c2cc(C)cc(C(=O)N3CCC[C@@H]3C(N)=O)c2)[C@@H](N)Cc2cc(F)cc(F)c2)c1. The minimum atomic E-state index is -0.870. The van der Waals surface area contributed by atoms with Gasteiger partial charge in [0.05, 0.1) is 5.56 Å². The zero-order valence-corrected chi connectivity index (χ0v) is 24.4. The second-order valence-electron chi connectivity index (χ2n) is 11.0. The van der Waals surface area contributed by atoms with Crippen molar-refractivity contribution in [2.45, 2.75) is 64.3 Å². The summed E-state index contributed by atoms with van der Waals surface area (Å²) in [5.74, 6) is -3.11. The number of rotatable bonds is 12. The maximum Gasteiger partial charge on any atom is 0.338 e. The van der Waals surface area contributed by atoms with Crippen LogP contribution in [0.1, 0.15) is 62.7 Å². The van der Waals surface area contributed by atoms with Gasteiger partial charge >= 0.3 is 5.97 Å². The molecule has 3 atom stereocenters. The Hall–Kier alpha value is -4.15. The summed E-state index contributed by atoms with van der Waals surface area (Å²) < 4.78 is 33.6. The summed E-state index contributed by atoms with van der Waals surface area (Å²) in [4.78, 5) is 40.0. The molecule has 3 aromatic rings. The van der Waals surface area contributed by atoms with Crippen LogP contribution in [0.5, 0.6) is 0 Å². The number of benzene rings is 3. The molecule has 10 heteroatoms. The summed E-state index contributed by atoms with van der Waals surface area (Å²) in [5, 5.41) is 3.28. The molecule has 1 saturated heterocycles. The van der Waals surface area contributed by atoms with Crippen molar-refractivity contribution in [3.05, 3.63) is 106 Å². The van der Waals surface area contributed by atoms with Crippen LogP contribution in [0.15, 0.2) is 60.7 Å². The highest BCUT2D eigenvalue weighted by molar-refractivity contribution is 6.00. The van der Waals surface area contributed by atoms with E-state index in [2.05, 4.69) is 18.3 Å². The minimum Gasteiger partial charge on any atom is -0.456 e. The maximum atomic E-state index is 13.8. The largest absolute Gasteiger partial charge is 0.456 e. The Morgan fingerprint density at radius 2 is 1.70 bits per heavy atom. The summed E-state index contributed by atoms with van der Waals surface area (Å²) in [7, 11) is 0. The molecular weight excluding hydrogens is 554 g/mol. The second kappa shape index (κ2) is 14.3. The first-order valence-corrected chi connectivity index (χ1v) is 14.5. The van der Waals surface area contributed by atoms with Gasteiger partial charge < -0.3 is 26.4 Å². The van der Waals surface area contributed by atoms with Crippen LogP contribution in [-0.2, 0) is 28.9 Å². The summed E-state index contributed by atoms with van der Waals surface area (Å²) in [6, 6.07) is 14.4. The van der Waals surface area contributed by atoms with Crippen molar-refractivity contribution in [2.75, 3.05) is 13.1 Å². The summed E-state index contributed by atoms with van der Waals surface area (Å²) in [6.07, 6.45) is 1.23. The minimum absolute atomic E-state index is 0.0562. The molecule has 1 aliphatic heterocycles. The fourth-order valence-electron chi connectivity index (χ4n) is 5.43. The van der Waals surface area contributed by atoms with Crippen molar-refractivity contribution < 1.29 is 27.9 Å². The highest BCUT2D eigenvalue weighted by Crippen LogP contribution is 2.22. The van der Waals surface area contributed by atoms with E-state index in [1.165, 1.54) is 28.7 Å². The molecule has 3 aromatic carbocycles. The molecule has 0 bridgehead atoms. The molecule has 0 saturated carbocycles. The zero-order chi connectivity index (χ0) is 31.1. The van der Waals surface area contributed by atoms with E-state index in [1.807, 2.05) is 18.2 Å². The Kier molecular flexibility index (Phi) is 10.6. The lowest BCUT2D eigenvalue weighted by molar-refractivity contribution is -0.121. The van der Waals surface area contributed by atoms with Crippen molar-refractivity contribution in [1.82, 2.24) is 10.2 Å². The van der Waals surface area contributed by atoms with E-state index in [9.17, 15) is 23.2 Å². The van der Waals surface area contributed by atoms with Crippen LogP contribution < -0.4 is 16.8 Å². The average molecular weight is 593 g/mol. The molecule has 0 aliphatic carbocycles. The summed E-state index contributed by atoms with van der Waals surface area (Å²) >= 11 is 0. The monoisotopic (exact) mass is 592 g/mol. The molecule has 0 spiro atoms. The van der Waals surface area contributed by atoms with E-state index >= 15 is 0 Å². The Morgan fingerprint density at radius 3 is 2.40 bits per heavy atom. The third-order valence-corrected chi connectivity index (χ3v) is 7.61. The summed E-state index contributed by atoms with van der Waals surface area (Å²) in [6.45, 7) is 4.87. The van der Waals surface area contributed by atoms with Gasteiger partial charge in [0.15, 0.2) is 0 Å². The van der Waals surface area contributed by atoms with Gasteiger partial charge in [-0.2, -0.15) is 0 Å². The number of hydrogen-bond donors (Lipinski definition) is 3. The standard InChI is InChI=1S/C33H38F2N4O4/c1-3-21-6-4-7-22(12-21)18-38-19-30(28(36)15-23-13-26(34)17-27(35)14-23)43-33(42)25-11-20(2)10-24(16-25)32(41)39-9-5-8-29(39)31(37)40/h4,6-7,10-14,16-17,28-30,38H,3,5,8-9,15,18-19,36H2,1-2H3,(H2,37,40)/t28-,29+,30+/m0/s1. The molecule has 1 fully saturated rings. The number of ether oxygens (including phenoxy) is 1. The number of carbonyl (C=O) groups is 3. The molecule has 8 nitrogen and oxygen atoms in total. The third-order valence-electron chi connectivity index (χ3n) is 7.61. The molecular formula is C33H38F2N4O4. The Morgan fingerprint density at radius 1 is 1.00 bits per heavy atom. The van der Waals surface area contributed by atoms with Gasteiger partial charge in [-0.1, -0.05) is 31.2 Å². The van der Waals surface area contributed by atoms with E-state index in [-0.39, 0.29) is 24.1 Å². The van der Waals surface area contributed by atoms with E-state index in [0.29, 0.717) is 37.1 Å². The number of halogens is 2. The number of hydrogen-bond acceptors (Lipinski definition) is 6. The maximum absolute atomic E-state index is 13.8. The van der Waals surface area contributed by atoms with Crippen molar-refractivity contribution >= 4 is 17.8 Å². The summed E-state index contributed by atoms with van der Waals surface area (Å²) in [5.41, 5.74) is 15.6. The Balaban J connectivity index is 1.52. The van der Waals surface area contributed by atoms with Crippen LogP contribution in [0.25, 0.3) is 0 Å². The number of nitrogens with zero attached hydrogens (tertiary/aromatic N) is 1. The molecule has 1 aliphatic rings. The highest BCUT2D eigenvalue weighted by atomic mass is 19.1. The molecule has 43 heavy (non-hydrogen) atoms. The van der Waals surface area contributed by atoms with E-state index in [1.54, 1.807) is 19.1 Å². The Labute approximate surface area is 250 Å². The van der Waals surface area contributed by atoms with Gasteiger partial charge in [0.2, 0.25) is 5.91 Å². The van der Waals surface area contributed by atoms with Crippen LogP contribution in [0.2, 0.25) is 0 Å². The lowest BCUT2D eigenvalue weighted by atomic mass is 10.0. The molecule has 0 radical (unpaired) electrons. The van der Waals surface area contributed by atoms with Gasteiger partial charge in [-0.05, 0) is 85.2 Å². The van der Waals surface area contributed by atoms with Gasteiger partial charge in [-0.3, -0.25) is 9.59 Å². The van der Waals surface area contributed by atoms with Crippen molar-refractivity contribution in [3.63, 3.8) is 0 Å². The number of aryl methyl sites for hydroxylation is 2. The van der Waals surface area contributed by atoms with Crippen molar-refractivity contribution in [2.24, 2.45) is 11.5 Å². The normalized spacial score (nSPS) is 16.1. The molecule has 228 valence electrons. The number of esters is 1. The number of nitrogens with two attached hydrogens (primary N) is 2. The van der Waals surface area contributed by atoms with E-state index in [0.717, 1.165) is 18.1 Å². The third kappa shape index (κ3) is 8.46. The first-order chi connectivity index (χ1) is 20.5.